The molecular formula is C23H21ClN6O2. The Bertz CT molecular complexity index is 1250. The number of urea groups is 1. The van der Waals surface area contributed by atoms with Crippen LogP contribution >= 0.6 is 11.6 Å². The van der Waals surface area contributed by atoms with E-state index in [-0.39, 0.29) is 6.03 Å². The summed E-state index contributed by atoms with van der Waals surface area (Å²) in [5.41, 5.74) is 3.20. The molecule has 0 fully saturated rings. The Morgan fingerprint density at radius 1 is 0.938 bits per heavy atom. The number of hydrogen-bond donors (Lipinski definition) is 2. The fourth-order valence-electron chi connectivity index (χ4n) is 2.98. The molecule has 4 rings (SSSR count). The number of nitrogens with one attached hydrogen (secondary N) is 2. The molecule has 0 unspecified atom stereocenters. The highest BCUT2D eigenvalue weighted by molar-refractivity contribution is 6.30. The summed E-state index contributed by atoms with van der Waals surface area (Å²) < 4.78 is 7.80. The second-order valence-electron chi connectivity index (χ2n) is 7.11. The molecule has 0 radical (unpaired) electrons. The number of ether oxygens (including phenoxy) is 1. The number of anilines is 2. The Morgan fingerprint density at radius 2 is 1.56 bits per heavy atom. The van der Waals surface area contributed by atoms with Crippen LogP contribution in [-0.2, 0) is 0 Å². The van der Waals surface area contributed by atoms with Crippen LogP contribution in [0, 0.1) is 20.8 Å². The Kier molecular flexibility index (Phi) is 6.04. The van der Waals surface area contributed by atoms with Crippen LogP contribution in [0.25, 0.3) is 5.82 Å². The van der Waals surface area contributed by atoms with Crippen molar-refractivity contribution >= 4 is 29.0 Å². The molecule has 9 heteroatoms. The summed E-state index contributed by atoms with van der Waals surface area (Å²) in [6.45, 7) is 5.74. The van der Waals surface area contributed by atoms with Crippen LogP contribution in [0.3, 0.4) is 0 Å². The van der Waals surface area contributed by atoms with Crippen molar-refractivity contribution in [3.63, 3.8) is 0 Å². The highest BCUT2D eigenvalue weighted by atomic mass is 35.5. The van der Waals surface area contributed by atoms with Crippen molar-refractivity contribution in [3.05, 3.63) is 83.2 Å². The predicted molar refractivity (Wildman–Crippen MR) is 124 cm³/mol. The summed E-state index contributed by atoms with van der Waals surface area (Å²) in [7, 11) is 0. The average molecular weight is 449 g/mol. The van der Waals surface area contributed by atoms with Gasteiger partial charge in [-0.2, -0.15) is 4.98 Å². The number of carbonyl (C=O) groups excluding carboxylic acids is 1. The number of carbonyl (C=O) groups is 1. The minimum atomic E-state index is -0.358. The highest BCUT2D eigenvalue weighted by Gasteiger charge is 2.10. The summed E-state index contributed by atoms with van der Waals surface area (Å²) in [4.78, 5) is 25.3. The lowest BCUT2D eigenvalue weighted by atomic mass is 10.3. The minimum absolute atomic E-state index is 0.358. The molecule has 4 aromatic rings. The number of rotatable bonds is 5. The molecule has 2 heterocycles. The van der Waals surface area contributed by atoms with Crippen molar-refractivity contribution in [2.45, 2.75) is 20.8 Å². The molecule has 0 saturated carbocycles. The van der Waals surface area contributed by atoms with Crippen LogP contribution in [0.1, 0.15) is 17.2 Å². The van der Waals surface area contributed by atoms with E-state index in [1.54, 1.807) is 60.9 Å². The van der Waals surface area contributed by atoms with Gasteiger partial charge in [-0.1, -0.05) is 11.6 Å². The van der Waals surface area contributed by atoms with Gasteiger partial charge in [-0.25, -0.2) is 14.8 Å². The SMILES string of the molecule is Cc1nc(Oc2ccc(NC(=O)Nc3ccc(Cl)cc3)cc2)cc(-n2cnc(C)c2C)n1. The van der Waals surface area contributed by atoms with E-state index in [9.17, 15) is 4.79 Å². The number of aryl methyl sites for hydroxylation is 2. The zero-order chi connectivity index (χ0) is 22.7. The molecule has 2 N–H and O–H groups in total. The zero-order valence-corrected chi connectivity index (χ0v) is 18.5. The third kappa shape index (κ3) is 5.04. The molecule has 32 heavy (non-hydrogen) atoms. The maximum absolute atomic E-state index is 12.2. The van der Waals surface area contributed by atoms with Gasteiger partial charge in [0.25, 0.3) is 0 Å². The molecule has 0 atom stereocenters. The largest absolute Gasteiger partial charge is 0.439 e. The molecule has 2 aromatic heterocycles. The Balaban J connectivity index is 1.43. The van der Waals surface area contributed by atoms with Crippen LogP contribution in [0.4, 0.5) is 16.2 Å². The number of halogens is 1. The lowest BCUT2D eigenvalue weighted by Gasteiger charge is -2.11. The van der Waals surface area contributed by atoms with E-state index in [0.717, 1.165) is 11.4 Å². The first-order chi connectivity index (χ1) is 15.4. The van der Waals surface area contributed by atoms with Crippen molar-refractivity contribution in [2.24, 2.45) is 0 Å². The van der Waals surface area contributed by atoms with Gasteiger partial charge in [0.1, 0.15) is 23.7 Å². The van der Waals surface area contributed by atoms with Crippen LogP contribution < -0.4 is 15.4 Å². The van der Waals surface area contributed by atoms with Gasteiger partial charge in [-0.05, 0) is 69.3 Å². The molecule has 0 spiro atoms. The Hall–Kier alpha value is -3.91. The second kappa shape index (κ2) is 9.07. The Labute approximate surface area is 190 Å². The topological polar surface area (TPSA) is 94.0 Å². The number of benzene rings is 2. The van der Waals surface area contributed by atoms with Crippen LogP contribution in [0.2, 0.25) is 5.02 Å². The van der Waals surface area contributed by atoms with Gasteiger partial charge in [0.15, 0.2) is 0 Å². The van der Waals surface area contributed by atoms with E-state index in [4.69, 9.17) is 16.3 Å². The van der Waals surface area contributed by atoms with Gasteiger partial charge in [-0.15, -0.1) is 0 Å². The summed E-state index contributed by atoms with van der Waals surface area (Å²) in [6.07, 6.45) is 1.73. The van der Waals surface area contributed by atoms with Crippen molar-refractivity contribution < 1.29 is 9.53 Å². The normalized spacial score (nSPS) is 10.6. The average Bonchev–Trinajstić information content (AvgIpc) is 3.09. The van der Waals surface area contributed by atoms with Crippen molar-refractivity contribution in [1.29, 1.82) is 0 Å². The van der Waals surface area contributed by atoms with E-state index in [2.05, 4.69) is 25.6 Å². The van der Waals surface area contributed by atoms with Crippen molar-refractivity contribution in [2.75, 3.05) is 10.6 Å². The number of amides is 2. The molecule has 0 bridgehead atoms. The first-order valence-corrected chi connectivity index (χ1v) is 10.2. The number of hydrogen-bond acceptors (Lipinski definition) is 5. The van der Waals surface area contributed by atoms with E-state index < -0.39 is 0 Å². The molecule has 8 nitrogen and oxygen atoms in total. The molecule has 0 aliphatic carbocycles. The highest BCUT2D eigenvalue weighted by Crippen LogP contribution is 2.24. The quantitative estimate of drug-likeness (QED) is 0.409. The first-order valence-electron chi connectivity index (χ1n) is 9.85. The molecule has 162 valence electrons. The maximum Gasteiger partial charge on any atom is 0.323 e. The van der Waals surface area contributed by atoms with Crippen LogP contribution in [-0.4, -0.2) is 25.6 Å². The summed E-state index contributed by atoms with van der Waals surface area (Å²) in [5.74, 6) is 2.26. The number of imidazole rings is 1. The maximum atomic E-state index is 12.2. The van der Waals surface area contributed by atoms with Crippen molar-refractivity contribution in [3.8, 4) is 17.4 Å². The number of nitrogens with zero attached hydrogens (tertiary/aromatic N) is 4. The van der Waals surface area contributed by atoms with Crippen molar-refractivity contribution in [1.82, 2.24) is 19.5 Å². The lowest BCUT2D eigenvalue weighted by Crippen LogP contribution is -2.19. The molecule has 0 aliphatic heterocycles. The first kappa shape index (κ1) is 21.3. The predicted octanol–water partition coefficient (Wildman–Crippen LogP) is 5.68. The third-order valence-electron chi connectivity index (χ3n) is 4.74. The monoisotopic (exact) mass is 448 g/mol. The summed E-state index contributed by atoms with van der Waals surface area (Å²) in [6, 6.07) is 15.3. The van der Waals surface area contributed by atoms with Gasteiger partial charge in [0.2, 0.25) is 5.88 Å². The van der Waals surface area contributed by atoms with Gasteiger partial charge in [0.05, 0.1) is 5.69 Å². The van der Waals surface area contributed by atoms with Crippen LogP contribution in [0.15, 0.2) is 60.9 Å². The van der Waals surface area contributed by atoms with E-state index in [1.165, 1.54) is 0 Å². The Morgan fingerprint density at radius 3 is 2.16 bits per heavy atom. The zero-order valence-electron chi connectivity index (χ0n) is 17.8. The summed E-state index contributed by atoms with van der Waals surface area (Å²) in [5, 5.41) is 6.12. The summed E-state index contributed by atoms with van der Waals surface area (Å²) >= 11 is 5.85. The fraction of sp³-hybridized carbons (Fsp3) is 0.130. The minimum Gasteiger partial charge on any atom is -0.439 e. The smallest absolute Gasteiger partial charge is 0.323 e. The second-order valence-corrected chi connectivity index (χ2v) is 7.55. The number of aromatic nitrogens is 4. The molecule has 2 aromatic carbocycles. The molecular weight excluding hydrogens is 428 g/mol. The standard InChI is InChI=1S/C23H21ClN6O2/c1-14-15(2)30(13-25-14)21-12-22(27-16(3)26-21)32-20-10-8-19(9-11-20)29-23(31)28-18-6-4-17(24)5-7-18/h4-13H,1-3H3,(H2,28,29,31). The molecule has 0 saturated heterocycles. The lowest BCUT2D eigenvalue weighted by molar-refractivity contribution is 0.262. The third-order valence-corrected chi connectivity index (χ3v) is 4.99. The van der Waals surface area contributed by atoms with Gasteiger partial charge in [-0.3, -0.25) is 4.57 Å². The van der Waals surface area contributed by atoms with Gasteiger partial charge >= 0.3 is 6.03 Å². The van der Waals surface area contributed by atoms with Crippen LogP contribution in [0.5, 0.6) is 11.6 Å². The molecule has 2 amide bonds. The van der Waals surface area contributed by atoms with E-state index in [1.807, 2.05) is 25.3 Å². The van der Waals surface area contributed by atoms with E-state index >= 15 is 0 Å². The van der Waals surface area contributed by atoms with Gasteiger partial charge in [0, 0.05) is 28.2 Å². The van der Waals surface area contributed by atoms with E-state index in [0.29, 0.717) is 39.7 Å². The molecule has 0 aliphatic rings. The fourth-order valence-corrected chi connectivity index (χ4v) is 3.11. The van der Waals surface area contributed by atoms with Gasteiger partial charge < -0.3 is 15.4 Å².